The monoisotopic (exact) mass is 960 g/mol. The van der Waals surface area contributed by atoms with Crippen molar-refractivity contribution in [1.29, 1.82) is 0 Å². The summed E-state index contributed by atoms with van der Waals surface area (Å²) in [5.74, 6) is 2.59. The SMILES string of the molecule is BrB(Br)Br.COc1cccc(Nc2cc(-c3csc4ccccc34)[nH]n2)c1.ClCCl.Oc1ccc(Nc2cc(-c3csc4ccccc34)[nH]n2)cc1. The van der Waals surface area contributed by atoms with Gasteiger partial charge in [-0.25, -0.2) is 0 Å². The Labute approximate surface area is 343 Å². The number of aromatic amines is 2. The zero-order chi connectivity index (χ0) is 36.9. The lowest BCUT2D eigenvalue weighted by Gasteiger charge is -2.04. The number of nitrogens with one attached hydrogen (secondary N) is 4. The van der Waals surface area contributed by atoms with Crippen LogP contribution in [0.25, 0.3) is 42.7 Å². The first-order chi connectivity index (χ1) is 25.3. The molecule has 8 aromatic rings. The van der Waals surface area contributed by atoms with Crippen molar-refractivity contribution in [3.05, 3.63) is 120 Å². The molecule has 0 saturated carbocycles. The van der Waals surface area contributed by atoms with Crippen LogP contribution in [0.15, 0.2) is 120 Å². The fourth-order valence-electron chi connectivity index (χ4n) is 4.96. The lowest BCUT2D eigenvalue weighted by atomic mass is 10.1. The van der Waals surface area contributed by atoms with Gasteiger partial charge < -0.3 is 20.5 Å². The highest BCUT2D eigenvalue weighted by Gasteiger charge is 2.11. The molecule has 0 amide bonds. The van der Waals surface area contributed by atoms with E-state index in [2.05, 4.69) is 125 Å². The molecular weight excluding hydrogens is 934 g/mol. The normalized spacial score (nSPS) is 10.3. The summed E-state index contributed by atoms with van der Waals surface area (Å²) in [6.45, 7) is 0. The fraction of sp³-hybridized carbons (Fsp3) is 0.0556. The minimum Gasteiger partial charge on any atom is -0.508 e. The summed E-state index contributed by atoms with van der Waals surface area (Å²) < 4.78 is 8.05. The molecule has 8 rings (SSSR count). The molecule has 0 aliphatic rings. The van der Waals surface area contributed by atoms with Crippen molar-refractivity contribution in [3.63, 3.8) is 0 Å². The second kappa shape index (κ2) is 20.1. The average molecular weight is 964 g/mol. The third kappa shape index (κ3) is 11.3. The van der Waals surface area contributed by atoms with Crippen LogP contribution in [-0.2, 0) is 0 Å². The van der Waals surface area contributed by atoms with Gasteiger partial charge >= 0.3 is 3.18 Å². The van der Waals surface area contributed by atoms with Crippen molar-refractivity contribution in [2.24, 2.45) is 0 Å². The molecule has 0 saturated heterocycles. The summed E-state index contributed by atoms with van der Waals surface area (Å²) >= 11 is 22.3. The number of thiophene rings is 2. The number of phenolic OH excluding ortho intramolecular Hbond substituents is 1. The third-order valence-corrected chi connectivity index (χ3v) is 9.11. The van der Waals surface area contributed by atoms with Gasteiger partial charge in [-0.05, 0) is 48.5 Å². The van der Waals surface area contributed by atoms with E-state index in [1.54, 1.807) is 41.9 Å². The Morgan fingerprint density at radius 3 is 1.67 bits per heavy atom. The van der Waals surface area contributed by atoms with E-state index in [0.717, 1.165) is 45.7 Å². The van der Waals surface area contributed by atoms with Crippen molar-refractivity contribution in [2.75, 3.05) is 23.1 Å². The maximum absolute atomic E-state index is 9.30. The number of ether oxygens (including phenoxy) is 1. The van der Waals surface area contributed by atoms with Crippen molar-refractivity contribution >= 4 is 140 Å². The predicted molar refractivity (Wildman–Crippen MR) is 236 cm³/mol. The van der Waals surface area contributed by atoms with Crippen molar-refractivity contribution < 1.29 is 9.84 Å². The maximum Gasteiger partial charge on any atom is 0.369 e. The molecule has 0 atom stereocenters. The van der Waals surface area contributed by atoms with Crippen LogP contribution in [0.1, 0.15) is 0 Å². The number of methoxy groups -OCH3 is 1. The molecule has 0 bridgehead atoms. The topological polar surface area (TPSA) is 111 Å². The predicted octanol–water partition coefficient (Wildman–Crippen LogP) is 13.4. The van der Waals surface area contributed by atoms with Crippen LogP contribution in [-0.4, -0.2) is 41.1 Å². The van der Waals surface area contributed by atoms with Gasteiger partial charge in [0.05, 0.1) is 23.8 Å². The van der Waals surface area contributed by atoms with Crippen LogP contribution >= 0.6 is 93.1 Å². The number of H-pyrrole nitrogens is 2. The number of hydrogen-bond acceptors (Lipinski definition) is 8. The molecule has 4 aromatic heterocycles. The van der Waals surface area contributed by atoms with Gasteiger partial charge in [-0.1, -0.05) is 42.5 Å². The van der Waals surface area contributed by atoms with Crippen LogP contribution in [0.5, 0.6) is 11.5 Å². The van der Waals surface area contributed by atoms with Gasteiger partial charge in [0.1, 0.15) is 11.5 Å². The number of halogens is 5. The fourth-order valence-corrected chi connectivity index (χ4v) is 6.88. The standard InChI is InChI=1S/C18H15N3OS.C17H13N3OS.CH2Cl2.BBr3/c1-22-13-6-4-5-12(9-13)19-18-10-16(20-21-18)15-11-23-17-8-3-2-7-14(15)17;21-12-7-5-11(6-8-12)18-17-9-15(19-20-17)14-10-22-16-4-2-1-3-13(14)16;2-1-3;2-1(3)4/h2-11H,1H3,(H2,19,20,21);1-10,21H,(H2,18,19,20);1H2;. The number of anilines is 4. The Morgan fingerprint density at radius 2 is 1.17 bits per heavy atom. The number of rotatable bonds is 7. The molecule has 0 radical (unpaired) electrons. The number of phenols is 1. The summed E-state index contributed by atoms with van der Waals surface area (Å²) in [5, 5.41) is 37.6. The number of aromatic hydroxyl groups is 1. The molecule has 0 spiro atoms. The van der Waals surface area contributed by atoms with Crippen LogP contribution in [0, 0.1) is 0 Å². The zero-order valence-corrected chi connectivity index (χ0v) is 35.2. The van der Waals surface area contributed by atoms with E-state index in [1.165, 1.54) is 25.7 Å². The van der Waals surface area contributed by atoms with Gasteiger partial charge in [0.25, 0.3) is 0 Å². The Hall–Kier alpha value is -3.50. The van der Waals surface area contributed by atoms with E-state index in [1.807, 2.05) is 60.7 Å². The van der Waals surface area contributed by atoms with Gasteiger partial charge in [-0.2, -0.15) is 10.2 Å². The van der Waals surface area contributed by atoms with E-state index < -0.39 is 0 Å². The number of nitrogens with zero attached hydrogens (tertiary/aromatic N) is 2. The number of alkyl halides is 2. The highest BCUT2D eigenvalue weighted by atomic mass is 79.9. The minimum absolute atomic E-state index is 0.194. The van der Waals surface area contributed by atoms with Crippen LogP contribution in [0.3, 0.4) is 0 Å². The molecule has 0 aliphatic heterocycles. The van der Waals surface area contributed by atoms with Gasteiger partial charge in [-0.15, -0.1) is 93.1 Å². The van der Waals surface area contributed by atoms with Crippen LogP contribution < -0.4 is 15.4 Å². The van der Waals surface area contributed by atoms with E-state index in [4.69, 9.17) is 27.9 Å². The van der Waals surface area contributed by atoms with Gasteiger partial charge in [0, 0.05) is 71.6 Å². The maximum atomic E-state index is 9.30. The first-order valence-electron chi connectivity index (χ1n) is 15.3. The number of aromatic nitrogens is 4. The molecule has 0 fully saturated rings. The quantitative estimate of drug-likeness (QED) is 0.0618. The number of hydrogen-bond donors (Lipinski definition) is 5. The lowest BCUT2D eigenvalue weighted by molar-refractivity contribution is 0.415. The second-order valence-corrected chi connectivity index (χ2v) is 19.6. The highest BCUT2D eigenvalue weighted by Crippen LogP contribution is 2.35. The smallest absolute Gasteiger partial charge is 0.369 e. The Bertz CT molecular complexity index is 2300. The molecule has 0 unspecified atom stereocenters. The summed E-state index contributed by atoms with van der Waals surface area (Å²) in [5.41, 5.74) is 6.15. The second-order valence-electron chi connectivity index (χ2n) is 10.5. The summed E-state index contributed by atoms with van der Waals surface area (Å²) in [6.07, 6.45) is 0. The van der Waals surface area contributed by atoms with Crippen LogP contribution in [0.4, 0.5) is 23.0 Å². The zero-order valence-electron chi connectivity index (χ0n) is 27.3. The summed E-state index contributed by atoms with van der Waals surface area (Å²) in [6, 6.07) is 35.4. The number of fused-ring (bicyclic) bond motifs is 2. The Balaban J connectivity index is 0.000000171. The highest BCUT2D eigenvalue weighted by molar-refractivity contribution is 9.69. The van der Waals surface area contributed by atoms with Crippen molar-refractivity contribution in [1.82, 2.24) is 20.4 Å². The van der Waals surface area contributed by atoms with Crippen LogP contribution in [0.2, 0.25) is 0 Å². The molecule has 8 nitrogen and oxygen atoms in total. The molecule has 266 valence electrons. The molecule has 16 heteroatoms. The van der Waals surface area contributed by atoms with E-state index in [-0.39, 0.29) is 14.3 Å². The van der Waals surface area contributed by atoms with Gasteiger partial charge in [0.15, 0.2) is 11.6 Å². The van der Waals surface area contributed by atoms with E-state index >= 15 is 0 Å². The van der Waals surface area contributed by atoms with Gasteiger partial charge in [0.2, 0.25) is 0 Å². The Kier molecular flexibility index (Phi) is 15.3. The summed E-state index contributed by atoms with van der Waals surface area (Å²) in [7, 11) is 1.66. The lowest BCUT2D eigenvalue weighted by Crippen LogP contribution is -1.91. The molecule has 4 aromatic carbocycles. The Morgan fingerprint density at radius 1 is 0.692 bits per heavy atom. The van der Waals surface area contributed by atoms with E-state index in [9.17, 15) is 5.11 Å². The van der Waals surface area contributed by atoms with Crippen molar-refractivity contribution in [2.45, 2.75) is 0 Å². The largest absolute Gasteiger partial charge is 0.508 e. The average Bonchev–Trinajstić information content (AvgIpc) is 3.96. The molecule has 4 heterocycles. The summed E-state index contributed by atoms with van der Waals surface area (Å²) in [4.78, 5) is 0. The first kappa shape index (κ1) is 39.7. The van der Waals surface area contributed by atoms with E-state index in [0.29, 0.717) is 0 Å². The van der Waals surface area contributed by atoms with Gasteiger partial charge in [-0.3, -0.25) is 10.2 Å². The van der Waals surface area contributed by atoms with Crippen molar-refractivity contribution in [3.8, 4) is 34.0 Å². The first-order valence-corrected chi connectivity index (χ1v) is 20.9. The molecule has 52 heavy (non-hydrogen) atoms. The molecular formula is C36H30BBr3Cl2N6O2S2. The third-order valence-electron chi connectivity index (χ3n) is 7.18. The minimum atomic E-state index is 0.194. The number of benzene rings is 4. The molecule has 5 N–H and O–H groups in total. The molecule has 0 aliphatic carbocycles.